The van der Waals surface area contributed by atoms with Crippen molar-refractivity contribution in [3.63, 3.8) is 0 Å². The van der Waals surface area contributed by atoms with Crippen LogP contribution in [-0.4, -0.2) is 44.0 Å². The van der Waals surface area contributed by atoms with Gasteiger partial charge in [-0.3, -0.25) is 4.79 Å². The van der Waals surface area contributed by atoms with Crippen molar-refractivity contribution in [2.24, 2.45) is 4.99 Å². The Kier molecular flexibility index (Phi) is 10.3. The smallest absolute Gasteiger partial charge is 0.253 e. The van der Waals surface area contributed by atoms with Crippen molar-refractivity contribution in [3.8, 4) is 0 Å². The number of aryl methyl sites for hydroxylation is 1. The molecule has 0 fully saturated rings. The number of carbonyl (C=O) groups is 1. The maximum atomic E-state index is 12.0. The van der Waals surface area contributed by atoms with Gasteiger partial charge in [0.15, 0.2) is 5.96 Å². The molecule has 5 nitrogen and oxygen atoms in total. The molecule has 0 bridgehead atoms. The molecule has 2 N–H and O–H groups in total. The highest BCUT2D eigenvalue weighted by molar-refractivity contribution is 14.0. The Morgan fingerprint density at radius 2 is 1.73 bits per heavy atom. The number of carbonyl (C=O) groups excluding carboxylic acids is 1. The van der Waals surface area contributed by atoms with Crippen LogP contribution in [0.5, 0.6) is 0 Å². The highest BCUT2D eigenvalue weighted by Gasteiger charge is 2.21. The fraction of sp³-hybridized carbons (Fsp3) is 0.417. The van der Waals surface area contributed by atoms with Gasteiger partial charge >= 0.3 is 0 Å². The van der Waals surface area contributed by atoms with Crippen LogP contribution < -0.4 is 10.6 Å². The molecule has 0 atom stereocenters. The first-order chi connectivity index (χ1) is 13.7. The molecule has 0 aliphatic rings. The summed E-state index contributed by atoms with van der Waals surface area (Å²) in [5, 5.41) is 6.78. The normalized spacial score (nSPS) is 11.5. The standard InChI is InChI=1S/C24H34N4O.HI/c1-7-25-23(27-17-24(3,4)21-10-8-9-18(2)15-21)26-16-19-11-13-20(14-12-19)22(29)28(5)6;/h8-15H,7,16-17H2,1-6H3,(H2,25,26,27);1H. The molecule has 2 aromatic rings. The molecule has 164 valence electrons. The maximum Gasteiger partial charge on any atom is 0.253 e. The summed E-state index contributed by atoms with van der Waals surface area (Å²) in [4.78, 5) is 18.3. The highest BCUT2D eigenvalue weighted by Crippen LogP contribution is 2.23. The van der Waals surface area contributed by atoms with Crippen molar-refractivity contribution in [3.05, 3.63) is 70.8 Å². The first-order valence-corrected chi connectivity index (χ1v) is 10.1. The molecule has 0 radical (unpaired) electrons. The van der Waals surface area contributed by atoms with E-state index in [0.717, 1.165) is 24.6 Å². The Hall–Kier alpha value is -2.09. The summed E-state index contributed by atoms with van der Waals surface area (Å²) in [7, 11) is 3.51. The number of aliphatic imine (C=N–C) groups is 1. The minimum atomic E-state index is -0.0175. The van der Waals surface area contributed by atoms with E-state index in [1.807, 2.05) is 24.3 Å². The van der Waals surface area contributed by atoms with E-state index >= 15 is 0 Å². The number of nitrogens with zero attached hydrogens (tertiary/aromatic N) is 2. The van der Waals surface area contributed by atoms with E-state index in [-0.39, 0.29) is 35.3 Å². The summed E-state index contributed by atoms with van der Waals surface area (Å²) in [5.41, 5.74) is 4.31. The Balaban J connectivity index is 0.00000450. The monoisotopic (exact) mass is 522 g/mol. The van der Waals surface area contributed by atoms with E-state index in [2.05, 4.69) is 62.6 Å². The fourth-order valence-electron chi connectivity index (χ4n) is 3.00. The number of nitrogens with one attached hydrogen (secondary N) is 2. The van der Waals surface area contributed by atoms with Gasteiger partial charge in [-0.15, -0.1) is 24.0 Å². The number of rotatable bonds is 7. The van der Waals surface area contributed by atoms with Crippen molar-refractivity contribution in [2.75, 3.05) is 27.2 Å². The lowest BCUT2D eigenvalue weighted by Crippen LogP contribution is -2.43. The van der Waals surface area contributed by atoms with E-state index < -0.39 is 0 Å². The van der Waals surface area contributed by atoms with Crippen molar-refractivity contribution in [1.29, 1.82) is 0 Å². The third-order valence-electron chi connectivity index (χ3n) is 4.87. The molecule has 0 aromatic heterocycles. The van der Waals surface area contributed by atoms with E-state index in [0.29, 0.717) is 12.1 Å². The second-order valence-corrected chi connectivity index (χ2v) is 8.20. The summed E-state index contributed by atoms with van der Waals surface area (Å²) in [6, 6.07) is 16.3. The number of amides is 1. The Morgan fingerprint density at radius 3 is 2.30 bits per heavy atom. The van der Waals surface area contributed by atoms with Crippen LogP contribution in [0.3, 0.4) is 0 Å². The number of benzene rings is 2. The van der Waals surface area contributed by atoms with Gasteiger partial charge in [-0.2, -0.15) is 0 Å². The predicted octanol–water partition coefficient (Wildman–Crippen LogP) is 4.35. The van der Waals surface area contributed by atoms with E-state index in [1.54, 1.807) is 19.0 Å². The summed E-state index contributed by atoms with van der Waals surface area (Å²) >= 11 is 0. The molecular formula is C24H35IN4O. The van der Waals surface area contributed by atoms with Gasteiger partial charge in [-0.1, -0.05) is 55.8 Å². The molecule has 0 aliphatic carbocycles. The van der Waals surface area contributed by atoms with Crippen LogP contribution in [0.15, 0.2) is 53.5 Å². The highest BCUT2D eigenvalue weighted by atomic mass is 127. The zero-order chi connectivity index (χ0) is 21.4. The van der Waals surface area contributed by atoms with Crippen molar-refractivity contribution < 1.29 is 4.79 Å². The van der Waals surface area contributed by atoms with Crippen molar-refractivity contribution in [1.82, 2.24) is 15.5 Å². The third kappa shape index (κ3) is 7.63. The zero-order valence-corrected chi connectivity index (χ0v) is 21.3. The summed E-state index contributed by atoms with van der Waals surface area (Å²) in [5.74, 6) is 0.801. The lowest BCUT2D eigenvalue weighted by molar-refractivity contribution is 0.0827. The first-order valence-electron chi connectivity index (χ1n) is 10.1. The summed E-state index contributed by atoms with van der Waals surface area (Å²) < 4.78 is 0. The average molecular weight is 522 g/mol. The molecule has 0 unspecified atom stereocenters. The van der Waals surface area contributed by atoms with Crippen molar-refractivity contribution in [2.45, 2.75) is 39.7 Å². The minimum Gasteiger partial charge on any atom is -0.357 e. The van der Waals surface area contributed by atoms with Crippen molar-refractivity contribution >= 4 is 35.8 Å². The topological polar surface area (TPSA) is 56.7 Å². The quantitative estimate of drug-likeness (QED) is 0.323. The Bertz CT molecular complexity index is 845. The molecule has 0 saturated heterocycles. The molecule has 30 heavy (non-hydrogen) atoms. The Morgan fingerprint density at radius 1 is 1.07 bits per heavy atom. The zero-order valence-electron chi connectivity index (χ0n) is 19.0. The Labute approximate surface area is 198 Å². The molecule has 0 saturated carbocycles. The molecule has 0 heterocycles. The van der Waals surface area contributed by atoms with Crippen LogP contribution in [0, 0.1) is 6.92 Å². The molecular weight excluding hydrogens is 487 g/mol. The molecule has 0 aliphatic heterocycles. The lowest BCUT2D eigenvalue weighted by atomic mass is 9.84. The molecule has 1 amide bonds. The maximum absolute atomic E-state index is 12.0. The minimum absolute atomic E-state index is 0. The average Bonchev–Trinajstić information content (AvgIpc) is 2.70. The first kappa shape index (κ1) is 25.9. The van der Waals surface area contributed by atoms with Crippen LogP contribution in [0.1, 0.15) is 47.8 Å². The molecule has 0 spiro atoms. The van der Waals surface area contributed by atoms with Gasteiger partial charge < -0.3 is 15.5 Å². The van der Waals surface area contributed by atoms with Crippen LogP contribution >= 0.6 is 24.0 Å². The van der Waals surface area contributed by atoms with Crippen LogP contribution in [0.2, 0.25) is 0 Å². The van der Waals surface area contributed by atoms with Gasteiger partial charge in [0.2, 0.25) is 0 Å². The number of guanidine groups is 1. The van der Waals surface area contributed by atoms with E-state index in [9.17, 15) is 4.79 Å². The van der Waals surface area contributed by atoms with Crippen LogP contribution in [0.25, 0.3) is 0 Å². The van der Waals surface area contributed by atoms with E-state index in [1.165, 1.54) is 11.1 Å². The third-order valence-corrected chi connectivity index (χ3v) is 4.87. The molecule has 2 rings (SSSR count). The van der Waals surface area contributed by atoms with Crippen LogP contribution in [0.4, 0.5) is 0 Å². The lowest BCUT2D eigenvalue weighted by Gasteiger charge is -2.27. The van der Waals surface area contributed by atoms with Gasteiger partial charge in [-0.05, 0) is 37.1 Å². The van der Waals surface area contributed by atoms with Gasteiger partial charge in [-0.25, -0.2) is 4.99 Å². The predicted molar refractivity (Wildman–Crippen MR) is 137 cm³/mol. The fourth-order valence-corrected chi connectivity index (χ4v) is 3.00. The summed E-state index contributed by atoms with van der Waals surface area (Å²) in [6.07, 6.45) is 0. The number of halogens is 1. The van der Waals surface area contributed by atoms with Gasteiger partial charge in [0.1, 0.15) is 0 Å². The second kappa shape index (κ2) is 11.9. The molecule has 2 aromatic carbocycles. The van der Waals surface area contributed by atoms with E-state index in [4.69, 9.17) is 4.99 Å². The second-order valence-electron chi connectivity index (χ2n) is 8.20. The largest absolute Gasteiger partial charge is 0.357 e. The SMILES string of the molecule is CCNC(=NCc1ccc(C(=O)N(C)C)cc1)NCC(C)(C)c1cccc(C)c1.I. The van der Waals surface area contributed by atoms with Gasteiger partial charge in [0, 0.05) is 38.2 Å². The van der Waals surface area contributed by atoms with Gasteiger partial charge in [0.05, 0.1) is 6.54 Å². The summed E-state index contributed by atoms with van der Waals surface area (Å²) in [6.45, 7) is 10.8. The van der Waals surface area contributed by atoms with Crippen LogP contribution in [-0.2, 0) is 12.0 Å². The molecule has 6 heteroatoms. The number of hydrogen-bond acceptors (Lipinski definition) is 2. The number of hydrogen-bond donors (Lipinski definition) is 2. The van der Waals surface area contributed by atoms with Gasteiger partial charge in [0.25, 0.3) is 5.91 Å².